The van der Waals surface area contributed by atoms with Gasteiger partial charge in [0.15, 0.2) is 0 Å². The molecule has 33 heavy (non-hydrogen) atoms. The van der Waals surface area contributed by atoms with E-state index >= 15 is 0 Å². The Hall–Kier alpha value is -3.03. The SMILES string of the molecule is CN(C)CCCN1CC(C(=O)NCc2ccc(-c3nc(-c4ccccc4)cs3)cc2)CC1=O. The van der Waals surface area contributed by atoms with Gasteiger partial charge in [-0.25, -0.2) is 4.98 Å². The fraction of sp³-hybridized carbons (Fsp3) is 0.346. The lowest BCUT2D eigenvalue weighted by atomic mass is 10.1. The van der Waals surface area contributed by atoms with Crippen molar-refractivity contribution in [2.24, 2.45) is 5.92 Å². The van der Waals surface area contributed by atoms with Crippen molar-refractivity contribution < 1.29 is 9.59 Å². The van der Waals surface area contributed by atoms with Crippen molar-refractivity contribution in [2.75, 3.05) is 33.7 Å². The van der Waals surface area contributed by atoms with E-state index in [0.29, 0.717) is 26.1 Å². The maximum Gasteiger partial charge on any atom is 0.225 e. The van der Waals surface area contributed by atoms with Gasteiger partial charge in [0.05, 0.1) is 11.6 Å². The van der Waals surface area contributed by atoms with E-state index in [1.54, 1.807) is 11.3 Å². The first-order valence-electron chi connectivity index (χ1n) is 11.3. The van der Waals surface area contributed by atoms with Gasteiger partial charge in [-0.05, 0) is 32.6 Å². The van der Waals surface area contributed by atoms with Crippen LogP contribution in [-0.2, 0) is 16.1 Å². The van der Waals surface area contributed by atoms with Crippen LogP contribution in [-0.4, -0.2) is 60.3 Å². The van der Waals surface area contributed by atoms with E-state index in [-0.39, 0.29) is 17.7 Å². The third kappa shape index (κ3) is 6.06. The molecule has 2 amide bonds. The third-order valence-corrected chi connectivity index (χ3v) is 6.75. The Morgan fingerprint density at radius 2 is 1.88 bits per heavy atom. The van der Waals surface area contributed by atoms with Gasteiger partial charge >= 0.3 is 0 Å². The highest BCUT2D eigenvalue weighted by Gasteiger charge is 2.33. The monoisotopic (exact) mass is 462 g/mol. The first-order chi connectivity index (χ1) is 16.0. The third-order valence-electron chi connectivity index (χ3n) is 5.86. The fourth-order valence-electron chi connectivity index (χ4n) is 3.99. The van der Waals surface area contributed by atoms with E-state index in [1.807, 2.05) is 61.5 Å². The fourth-order valence-corrected chi connectivity index (χ4v) is 4.82. The molecule has 1 aliphatic rings. The van der Waals surface area contributed by atoms with Crippen LogP contribution >= 0.6 is 11.3 Å². The number of carbonyl (C=O) groups excluding carboxylic acids is 2. The molecule has 0 bridgehead atoms. The molecule has 1 saturated heterocycles. The van der Waals surface area contributed by atoms with Crippen LogP contribution < -0.4 is 5.32 Å². The molecule has 172 valence electrons. The van der Waals surface area contributed by atoms with Crippen LogP contribution in [0.15, 0.2) is 60.0 Å². The van der Waals surface area contributed by atoms with Crippen molar-refractivity contribution in [1.82, 2.24) is 20.1 Å². The maximum absolute atomic E-state index is 12.6. The lowest BCUT2D eigenvalue weighted by molar-refractivity contribution is -0.129. The van der Waals surface area contributed by atoms with Crippen LogP contribution in [0.2, 0.25) is 0 Å². The molecule has 1 atom stereocenters. The van der Waals surface area contributed by atoms with Crippen LogP contribution in [0.3, 0.4) is 0 Å². The number of benzene rings is 2. The summed E-state index contributed by atoms with van der Waals surface area (Å²) in [5, 5.41) is 6.05. The minimum atomic E-state index is -0.261. The van der Waals surface area contributed by atoms with Gasteiger partial charge in [-0.15, -0.1) is 11.3 Å². The summed E-state index contributed by atoms with van der Waals surface area (Å²) in [6, 6.07) is 18.3. The summed E-state index contributed by atoms with van der Waals surface area (Å²) in [5.41, 5.74) is 4.18. The molecule has 1 aromatic heterocycles. The quantitative estimate of drug-likeness (QED) is 0.524. The molecule has 3 aromatic rings. The number of nitrogens with one attached hydrogen (secondary N) is 1. The van der Waals surface area contributed by atoms with E-state index in [1.165, 1.54) is 0 Å². The first kappa shape index (κ1) is 23.1. The second-order valence-electron chi connectivity index (χ2n) is 8.72. The molecular formula is C26H30N4O2S. The second kappa shape index (κ2) is 10.7. The Balaban J connectivity index is 1.28. The van der Waals surface area contributed by atoms with Crippen molar-refractivity contribution in [3.63, 3.8) is 0 Å². The lowest BCUT2D eigenvalue weighted by Gasteiger charge is -2.18. The predicted molar refractivity (Wildman–Crippen MR) is 133 cm³/mol. The van der Waals surface area contributed by atoms with Crippen molar-refractivity contribution >= 4 is 23.2 Å². The normalized spacial score (nSPS) is 15.9. The Bertz CT molecular complexity index is 1080. The van der Waals surface area contributed by atoms with Gasteiger partial charge in [-0.1, -0.05) is 54.6 Å². The molecule has 1 fully saturated rings. The second-order valence-corrected chi connectivity index (χ2v) is 9.57. The van der Waals surface area contributed by atoms with E-state index in [9.17, 15) is 9.59 Å². The Labute approximate surface area is 199 Å². The van der Waals surface area contributed by atoms with Crippen LogP contribution in [0.5, 0.6) is 0 Å². The molecular weight excluding hydrogens is 432 g/mol. The Kier molecular flexibility index (Phi) is 7.52. The molecule has 0 radical (unpaired) electrons. The lowest BCUT2D eigenvalue weighted by Crippen LogP contribution is -2.33. The number of nitrogens with zero attached hydrogens (tertiary/aromatic N) is 3. The molecule has 4 rings (SSSR count). The molecule has 0 spiro atoms. The van der Waals surface area contributed by atoms with Crippen molar-refractivity contribution in [3.05, 3.63) is 65.5 Å². The average molecular weight is 463 g/mol. The molecule has 1 aliphatic heterocycles. The number of aromatic nitrogens is 1. The summed E-state index contributed by atoms with van der Waals surface area (Å²) in [6.45, 7) is 2.62. The van der Waals surface area contributed by atoms with Crippen LogP contribution in [0.4, 0.5) is 0 Å². The molecule has 6 nitrogen and oxygen atoms in total. The maximum atomic E-state index is 12.6. The number of thiazole rings is 1. The van der Waals surface area contributed by atoms with Gasteiger partial charge in [0, 0.05) is 42.6 Å². The first-order valence-corrected chi connectivity index (χ1v) is 12.2. The van der Waals surface area contributed by atoms with E-state index in [2.05, 4.69) is 27.7 Å². The highest BCUT2D eigenvalue weighted by atomic mass is 32.1. The van der Waals surface area contributed by atoms with Crippen molar-refractivity contribution in [2.45, 2.75) is 19.4 Å². The van der Waals surface area contributed by atoms with Crippen LogP contribution in [0.25, 0.3) is 21.8 Å². The zero-order valence-corrected chi connectivity index (χ0v) is 20.0. The Morgan fingerprint density at radius 3 is 2.61 bits per heavy atom. The minimum Gasteiger partial charge on any atom is -0.352 e. The molecule has 1 N–H and O–H groups in total. The zero-order valence-electron chi connectivity index (χ0n) is 19.2. The highest BCUT2D eigenvalue weighted by Crippen LogP contribution is 2.29. The van der Waals surface area contributed by atoms with Gasteiger partial charge in [0.1, 0.15) is 5.01 Å². The summed E-state index contributed by atoms with van der Waals surface area (Å²) in [4.78, 5) is 33.5. The van der Waals surface area contributed by atoms with Crippen molar-refractivity contribution in [1.29, 1.82) is 0 Å². The number of likely N-dealkylation sites (tertiary alicyclic amines) is 1. The van der Waals surface area contributed by atoms with Crippen molar-refractivity contribution in [3.8, 4) is 21.8 Å². The highest BCUT2D eigenvalue weighted by molar-refractivity contribution is 7.13. The standard InChI is InChI=1S/C26H30N4O2S/c1-29(2)13-6-14-30-17-22(15-24(30)31)25(32)27-16-19-9-11-21(12-10-19)26-28-23(18-33-26)20-7-4-3-5-8-20/h3-5,7-12,18,22H,6,13-17H2,1-2H3,(H,27,32). The predicted octanol–water partition coefficient (Wildman–Crippen LogP) is 3.89. The summed E-state index contributed by atoms with van der Waals surface area (Å²) in [6.07, 6.45) is 1.23. The summed E-state index contributed by atoms with van der Waals surface area (Å²) in [7, 11) is 4.04. The molecule has 1 unspecified atom stereocenters. The topological polar surface area (TPSA) is 65.5 Å². The largest absolute Gasteiger partial charge is 0.352 e. The average Bonchev–Trinajstić information content (AvgIpc) is 3.46. The number of carbonyl (C=O) groups is 2. The zero-order chi connectivity index (χ0) is 23.2. The molecule has 0 aliphatic carbocycles. The van der Waals surface area contributed by atoms with Crippen LogP contribution in [0.1, 0.15) is 18.4 Å². The Morgan fingerprint density at radius 1 is 1.12 bits per heavy atom. The molecule has 7 heteroatoms. The molecule has 0 saturated carbocycles. The van der Waals surface area contributed by atoms with Gasteiger partial charge in [0.2, 0.25) is 11.8 Å². The van der Waals surface area contributed by atoms with Gasteiger partial charge < -0.3 is 15.1 Å². The summed E-state index contributed by atoms with van der Waals surface area (Å²) >= 11 is 1.63. The molecule has 2 aromatic carbocycles. The van der Waals surface area contributed by atoms with E-state index in [0.717, 1.165) is 40.4 Å². The van der Waals surface area contributed by atoms with E-state index in [4.69, 9.17) is 4.98 Å². The minimum absolute atomic E-state index is 0.0463. The van der Waals surface area contributed by atoms with Gasteiger partial charge in [-0.2, -0.15) is 0 Å². The molecule has 2 heterocycles. The summed E-state index contributed by atoms with van der Waals surface area (Å²) in [5.74, 6) is -0.227. The number of rotatable bonds is 9. The number of amides is 2. The number of hydrogen-bond donors (Lipinski definition) is 1. The van der Waals surface area contributed by atoms with Gasteiger partial charge in [-0.3, -0.25) is 9.59 Å². The number of hydrogen-bond acceptors (Lipinski definition) is 5. The summed E-state index contributed by atoms with van der Waals surface area (Å²) < 4.78 is 0. The van der Waals surface area contributed by atoms with E-state index < -0.39 is 0 Å². The van der Waals surface area contributed by atoms with Gasteiger partial charge in [0.25, 0.3) is 0 Å². The van der Waals surface area contributed by atoms with Crippen LogP contribution in [0, 0.1) is 5.92 Å². The smallest absolute Gasteiger partial charge is 0.225 e.